The quantitative estimate of drug-likeness (QED) is 0.874. The van der Waals surface area contributed by atoms with E-state index < -0.39 is 0 Å². The highest BCUT2D eigenvalue weighted by Gasteiger charge is 2.21. The van der Waals surface area contributed by atoms with E-state index in [2.05, 4.69) is 16.9 Å². The number of aliphatic hydroxyl groups is 1. The molecule has 0 radical (unpaired) electrons. The standard InChI is InChI=1S/C13H20N2O2/c1-9-4-3-5-12(6-9)17-13-11(8-16)7-14-10(2)15-13/h7,9,12,16H,3-6,8H2,1-2H3. The second-order valence-electron chi connectivity index (χ2n) is 4.92. The molecule has 1 aliphatic rings. The fourth-order valence-electron chi connectivity index (χ4n) is 2.33. The van der Waals surface area contributed by atoms with Crippen LogP contribution in [0.5, 0.6) is 5.88 Å². The molecule has 1 aliphatic carbocycles. The molecule has 1 aromatic rings. The van der Waals surface area contributed by atoms with Gasteiger partial charge >= 0.3 is 0 Å². The normalized spacial score (nSPS) is 24.6. The molecule has 1 fully saturated rings. The van der Waals surface area contributed by atoms with Crippen LogP contribution in [0.1, 0.15) is 44.0 Å². The Kier molecular flexibility index (Phi) is 3.94. The van der Waals surface area contributed by atoms with E-state index in [0.29, 0.717) is 23.2 Å². The topological polar surface area (TPSA) is 55.2 Å². The first kappa shape index (κ1) is 12.3. The molecule has 94 valence electrons. The second kappa shape index (κ2) is 5.45. The van der Waals surface area contributed by atoms with Crippen molar-refractivity contribution in [3.63, 3.8) is 0 Å². The molecule has 0 bridgehead atoms. The largest absolute Gasteiger partial charge is 0.474 e. The number of aliphatic hydroxyl groups excluding tert-OH is 1. The lowest BCUT2D eigenvalue weighted by molar-refractivity contribution is 0.119. The molecule has 0 spiro atoms. The van der Waals surface area contributed by atoms with Gasteiger partial charge in [-0.1, -0.05) is 13.3 Å². The van der Waals surface area contributed by atoms with Crippen LogP contribution in [0.3, 0.4) is 0 Å². The van der Waals surface area contributed by atoms with E-state index in [1.807, 2.05) is 6.92 Å². The van der Waals surface area contributed by atoms with Gasteiger partial charge in [0.25, 0.3) is 0 Å². The summed E-state index contributed by atoms with van der Waals surface area (Å²) in [7, 11) is 0. The number of rotatable bonds is 3. The van der Waals surface area contributed by atoms with Gasteiger partial charge in [0.2, 0.25) is 5.88 Å². The first-order chi connectivity index (χ1) is 8.19. The molecule has 0 amide bonds. The third-order valence-electron chi connectivity index (χ3n) is 3.28. The van der Waals surface area contributed by atoms with Gasteiger partial charge in [-0.2, -0.15) is 4.98 Å². The molecule has 1 N–H and O–H groups in total. The number of nitrogens with zero attached hydrogens (tertiary/aromatic N) is 2. The Hall–Kier alpha value is -1.16. The predicted octanol–water partition coefficient (Wildman–Crippen LogP) is 2.23. The van der Waals surface area contributed by atoms with Crippen LogP contribution in [-0.2, 0) is 6.61 Å². The van der Waals surface area contributed by atoms with Crippen molar-refractivity contribution in [2.75, 3.05) is 0 Å². The third-order valence-corrected chi connectivity index (χ3v) is 3.28. The molecular weight excluding hydrogens is 216 g/mol. The summed E-state index contributed by atoms with van der Waals surface area (Å²) in [5.41, 5.74) is 0.675. The number of hydrogen-bond acceptors (Lipinski definition) is 4. The molecule has 2 atom stereocenters. The summed E-state index contributed by atoms with van der Waals surface area (Å²) in [6, 6.07) is 0. The maximum absolute atomic E-state index is 9.23. The smallest absolute Gasteiger partial charge is 0.222 e. The number of aryl methyl sites for hydroxylation is 1. The molecule has 1 aromatic heterocycles. The maximum Gasteiger partial charge on any atom is 0.222 e. The Bertz CT molecular complexity index is 382. The van der Waals surface area contributed by atoms with Crippen molar-refractivity contribution in [3.8, 4) is 5.88 Å². The molecular formula is C13H20N2O2. The molecule has 2 unspecified atom stereocenters. The van der Waals surface area contributed by atoms with E-state index in [4.69, 9.17) is 4.74 Å². The maximum atomic E-state index is 9.23. The van der Waals surface area contributed by atoms with Crippen molar-refractivity contribution in [2.24, 2.45) is 5.92 Å². The summed E-state index contributed by atoms with van der Waals surface area (Å²) in [6.45, 7) is 4.02. The minimum atomic E-state index is -0.0715. The van der Waals surface area contributed by atoms with Crippen molar-refractivity contribution in [3.05, 3.63) is 17.6 Å². The Balaban J connectivity index is 2.08. The second-order valence-corrected chi connectivity index (χ2v) is 4.92. The fourth-order valence-corrected chi connectivity index (χ4v) is 2.33. The van der Waals surface area contributed by atoms with E-state index >= 15 is 0 Å². The lowest BCUT2D eigenvalue weighted by atomic mass is 9.89. The monoisotopic (exact) mass is 236 g/mol. The van der Waals surface area contributed by atoms with Gasteiger partial charge in [-0.05, 0) is 32.1 Å². The van der Waals surface area contributed by atoms with Crippen LogP contribution in [0.2, 0.25) is 0 Å². The minimum absolute atomic E-state index is 0.0715. The van der Waals surface area contributed by atoms with Gasteiger partial charge in [0.05, 0.1) is 12.2 Å². The Morgan fingerprint density at radius 3 is 3.00 bits per heavy atom. The molecule has 4 nitrogen and oxygen atoms in total. The van der Waals surface area contributed by atoms with Gasteiger partial charge < -0.3 is 9.84 Å². The van der Waals surface area contributed by atoms with Crippen LogP contribution in [0.25, 0.3) is 0 Å². The summed E-state index contributed by atoms with van der Waals surface area (Å²) in [5.74, 6) is 1.95. The average molecular weight is 236 g/mol. The molecule has 0 aromatic carbocycles. The first-order valence-electron chi connectivity index (χ1n) is 6.29. The minimum Gasteiger partial charge on any atom is -0.474 e. The van der Waals surface area contributed by atoms with Gasteiger partial charge in [-0.15, -0.1) is 0 Å². The van der Waals surface area contributed by atoms with Crippen LogP contribution in [-0.4, -0.2) is 21.2 Å². The zero-order chi connectivity index (χ0) is 12.3. The predicted molar refractivity (Wildman–Crippen MR) is 64.7 cm³/mol. The zero-order valence-corrected chi connectivity index (χ0v) is 10.5. The lowest BCUT2D eigenvalue weighted by Gasteiger charge is -2.27. The van der Waals surface area contributed by atoms with Crippen molar-refractivity contribution in [1.82, 2.24) is 9.97 Å². The van der Waals surface area contributed by atoms with Crippen LogP contribution in [0, 0.1) is 12.8 Å². The van der Waals surface area contributed by atoms with Crippen molar-refractivity contribution >= 4 is 0 Å². The molecule has 1 saturated carbocycles. The van der Waals surface area contributed by atoms with Crippen LogP contribution in [0.4, 0.5) is 0 Å². The van der Waals surface area contributed by atoms with Crippen molar-refractivity contribution in [2.45, 2.75) is 52.2 Å². The van der Waals surface area contributed by atoms with Gasteiger partial charge in [-0.25, -0.2) is 4.98 Å². The zero-order valence-electron chi connectivity index (χ0n) is 10.5. The van der Waals surface area contributed by atoms with Gasteiger partial charge in [0, 0.05) is 6.20 Å². The number of ether oxygens (including phenoxy) is 1. The molecule has 0 aliphatic heterocycles. The van der Waals surface area contributed by atoms with Gasteiger partial charge in [0.15, 0.2) is 0 Å². The number of aromatic nitrogens is 2. The summed E-state index contributed by atoms with van der Waals surface area (Å²) in [5, 5.41) is 9.23. The van der Waals surface area contributed by atoms with E-state index in [-0.39, 0.29) is 12.7 Å². The average Bonchev–Trinajstić information content (AvgIpc) is 2.29. The first-order valence-corrected chi connectivity index (χ1v) is 6.29. The Morgan fingerprint density at radius 2 is 2.29 bits per heavy atom. The van der Waals surface area contributed by atoms with E-state index in [1.54, 1.807) is 6.20 Å². The lowest BCUT2D eigenvalue weighted by Crippen LogP contribution is -2.25. The van der Waals surface area contributed by atoms with Crippen LogP contribution >= 0.6 is 0 Å². The van der Waals surface area contributed by atoms with Crippen LogP contribution < -0.4 is 4.74 Å². The third kappa shape index (κ3) is 3.16. The van der Waals surface area contributed by atoms with Gasteiger partial charge in [0.1, 0.15) is 11.9 Å². The van der Waals surface area contributed by atoms with Crippen LogP contribution in [0.15, 0.2) is 6.20 Å². The molecule has 1 heterocycles. The molecule has 0 saturated heterocycles. The summed E-state index contributed by atoms with van der Waals surface area (Å²) < 4.78 is 5.92. The highest BCUT2D eigenvalue weighted by Crippen LogP contribution is 2.27. The van der Waals surface area contributed by atoms with Crippen molar-refractivity contribution < 1.29 is 9.84 Å². The number of hydrogen-bond donors (Lipinski definition) is 1. The molecule has 2 rings (SSSR count). The summed E-state index contributed by atoms with van der Waals surface area (Å²) >= 11 is 0. The fraction of sp³-hybridized carbons (Fsp3) is 0.692. The van der Waals surface area contributed by atoms with Gasteiger partial charge in [-0.3, -0.25) is 0 Å². The highest BCUT2D eigenvalue weighted by molar-refractivity contribution is 5.23. The Labute approximate surface area is 102 Å². The molecule has 4 heteroatoms. The van der Waals surface area contributed by atoms with Crippen molar-refractivity contribution in [1.29, 1.82) is 0 Å². The Morgan fingerprint density at radius 1 is 1.47 bits per heavy atom. The molecule has 17 heavy (non-hydrogen) atoms. The summed E-state index contributed by atoms with van der Waals surface area (Å²) in [4.78, 5) is 8.34. The SMILES string of the molecule is Cc1ncc(CO)c(OC2CCCC(C)C2)n1. The van der Waals surface area contributed by atoms with E-state index in [1.165, 1.54) is 12.8 Å². The van der Waals surface area contributed by atoms with E-state index in [0.717, 1.165) is 12.8 Å². The highest BCUT2D eigenvalue weighted by atomic mass is 16.5. The van der Waals surface area contributed by atoms with E-state index in [9.17, 15) is 5.11 Å². The summed E-state index contributed by atoms with van der Waals surface area (Å²) in [6.07, 6.45) is 6.54.